The molecule has 1 fully saturated rings. The zero-order valence-electron chi connectivity index (χ0n) is 18.2. The number of nitrogens with two attached hydrogens (primary N) is 1. The number of nitrogens with one attached hydrogen (secondary N) is 1. The third kappa shape index (κ3) is 6.70. The summed E-state index contributed by atoms with van der Waals surface area (Å²) in [5.41, 5.74) is 1.98. The predicted molar refractivity (Wildman–Crippen MR) is 112 cm³/mol. The number of alkyl halides is 6. The topological polar surface area (TPSA) is 64.3 Å². The molecule has 0 aromatic heterocycles. The predicted octanol–water partition coefficient (Wildman–Crippen LogP) is 5.47. The quantitative estimate of drug-likeness (QED) is 0.406. The number of rotatable bonds is 7. The molecule has 1 heterocycles. The standard InChI is InChI=1S/C23H26F6N2O2/c1-4-5-6-7-14(2)21(9-8-19(30)20(32)31-21)13-33-15(3)16-10-17(22(24,25)26)12-18(11-16)23(27,28)29/h4-7,10-12,15,19H,2,8-9,13,30H2,1,3H3,(H,31,32)/b5-4-,7-6-/t15-,19+,21-/m1/s1. The highest BCUT2D eigenvalue weighted by Gasteiger charge is 2.41. The van der Waals surface area contributed by atoms with Crippen molar-refractivity contribution in [1.29, 1.82) is 0 Å². The van der Waals surface area contributed by atoms with Crippen molar-refractivity contribution in [2.24, 2.45) is 5.73 Å². The van der Waals surface area contributed by atoms with Gasteiger partial charge in [-0.05, 0) is 56.0 Å². The first-order valence-electron chi connectivity index (χ1n) is 10.2. The average Bonchev–Trinajstić information content (AvgIpc) is 2.73. The fourth-order valence-electron chi connectivity index (χ4n) is 3.39. The SMILES string of the molecule is C=C(/C=C\C=C/C)[C@]1(CO[C@H](C)c2cc(C(F)(F)F)cc(C(F)(F)F)c2)CC[C@H](N)C(=O)N1. The second-order valence-electron chi connectivity index (χ2n) is 7.92. The number of carbonyl (C=O) groups excluding carboxylic acids is 1. The molecule has 182 valence electrons. The number of allylic oxidation sites excluding steroid dienone is 3. The Morgan fingerprint density at radius 1 is 1.21 bits per heavy atom. The highest BCUT2D eigenvalue weighted by atomic mass is 19.4. The van der Waals surface area contributed by atoms with E-state index in [9.17, 15) is 31.1 Å². The van der Waals surface area contributed by atoms with E-state index in [1.54, 1.807) is 31.2 Å². The van der Waals surface area contributed by atoms with Crippen molar-refractivity contribution in [3.8, 4) is 0 Å². The molecule has 3 N–H and O–H groups in total. The van der Waals surface area contributed by atoms with Gasteiger partial charge in [-0.1, -0.05) is 30.9 Å². The first-order valence-corrected chi connectivity index (χ1v) is 10.2. The third-order valence-electron chi connectivity index (χ3n) is 5.46. The van der Waals surface area contributed by atoms with E-state index < -0.39 is 47.1 Å². The Bertz CT molecular complexity index is 904. The molecule has 1 amide bonds. The summed E-state index contributed by atoms with van der Waals surface area (Å²) in [6.07, 6.45) is -3.56. The van der Waals surface area contributed by atoms with Crippen LogP contribution >= 0.6 is 0 Å². The van der Waals surface area contributed by atoms with Gasteiger partial charge in [-0.25, -0.2) is 0 Å². The molecule has 1 aliphatic heterocycles. The van der Waals surface area contributed by atoms with Gasteiger partial charge in [0.15, 0.2) is 0 Å². The average molecular weight is 476 g/mol. The second-order valence-corrected chi connectivity index (χ2v) is 7.92. The minimum atomic E-state index is -4.96. The highest BCUT2D eigenvalue weighted by molar-refractivity contribution is 5.84. The first kappa shape index (κ1) is 26.7. The molecule has 1 aliphatic rings. The molecule has 0 spiro atoms. The molecule has 0 aliphatic carbocycles. The molecule has 0 unspecified atom stereocenters. The fraction of sp³-hybridized carbons (Fsp3) is 0.435. The lowest BCUT2D eigenvalue weighted by atomic mass is 9.81. The normalized spacial score (nSPS) is 23.2. The lowest BCUT2D eigenvalue weighted by molar-refractivity contribution is -0.143. The molecule has 1 saturated heterocycles. The monoisotopic (exact) mass is 476 g/mol. The Morgan fingerprint density at radius 3 is 2.27 bits per heavy atom. The van der Waals surface area contributed by atoms with Gasteiger partial charge in [0.25, 0.3) is 0 Å². The van der Waals surface area contributed by atoms with E-state index in [2.05, 4.69) is 11.9 Å². The first-order chi connectivity index (χ1) is 15.2. The van der Waals surface area contributed by atoms with Gasteiger partial charge in [0.2, 0.25) is 5.91 Å². The molecule has 0 saturated carbocycles. The Labute approximate surface area is 188 Å². The molecule has 4 nitrogen and oxygen atoms in total. The van der Waals surface area contributed by atoms with E-state index in [-0.39, 0.29) is 18.2 Å². The molecule has 10 heteroatoms. The van der Waals surface area contributed by atoms with Crippen molar-refractivity contribution in [2.45, 2.75) is 56.7 Å². The minimum Gasteiger partial charge on any atom is -0.371 e. The zero-order valence-corrected chi connectivity index (χ0v) is 18.2. The van der Waals surface area contributed by atoms with Crippen LogP contribution in [0.1, 0.15) is 49.5 Å². The number of piperidine rings is 1. The van der Waals surface area contributed by atoms with Crippen molar-refractivity contribution in [1.82, 2.24) is 5.32 Å². The Kier molecular flexibility index (Phi) is 8.18. The molecule has 3 atom stereocenters. The van der Waals surface area contributed by atoms with Crippen LogP contribution < -0.4 is 11.1 Å². The lowest BCUT2D eigenvalue weighted by Gasteiger charge is -2.41. The summed E-state index contributed by atoms with van der Waals surface area (Å²) in [5, 5.41) is 2.76. The van der Waals surface area contributed by atoms with E-state index in [0.717, 1.165) is 0 Å². The lowest BCUT2D eigenvalue weighted by Crippen LogP contribution is -2.61. The van der Waals surface area contributed by atoms with Crippen molar-refractivity contribution < 1.29 is 35.9 Å². The minimum absolute atomic E-state index is 0.0638. The fourth-order valence-corrected chi connectivity index (χ4v) is 3.39. The maximum absolute atomic E-state index is 13.2. The van der Waals surface area contributed by atoms with Gasteiger partial charge >= 0.3 is 12.4 Å². The highest BCUT2D eigenvalue weighted by Crippen LogP contribution is 2.38. The number of hydrogen-bond donors (Lipinski definition) is 2. The number of amides is 1. The van der Waals surface area contributed by atoms with Gasteiger partial charge < -0.3 is 15.8 Å². The summed E-state index contributed by atoms with van der Waals surface area (Å²) in [6.45, 7) is 6.90. The summed E-state index contributed by atoms with van der Waals surface area (Å²) in [5.74, 6) is -0.448. The van der Waals surface area contributed by atoms with Crippen LogP contribution in [-0.4, -0.2) is 24.1 Å². The number of hydrogen-bond acceptors (Lipinski definition) is 3. The van der Waals surface area contributed by atoms with E-state index in [4.69, 9.17) is 10.5 Å². The molecule has 1 aromatic carbocycles. The second kappa shape index (κ2) is 10.1. The summed E-state index contributed by atoms with van der Waals surface area (Å²) in [4.78, 5) is 12.2. The molecule has 33 heavy (non-hydrogen) atoms. The molecule has 0 radical (unpaired) electrons. The maximum atomic E-state index is 13.2. The van der Waals surface area contributed by atoms with Gasteiger partial charge in [0.05, 0.1) is 35.4 Å². The van der Waals surface area contributed by atoms with Crippen LogP contribution in [0.15, 0.2) is 54.7 Å². The number of benzene rings is 1. The van der Waals surface area contributed by atoms with Crippen LogP contribution in [0.3, 0.4) is 0 Å². The molecule has 0 bridgehead atoms. The van der Waals surface area contributed by atoms with Gasteiger partial charge in [0.1, 0.15) is 0 Å². The van der Waals surface area contributed by atoms with E-state index in [1.807, 2.05) is 0 Å². The van der Waals surface area contributed by atoms with Crippen molar-refractivity contribution >= 4 is 5.91 Å². The maximum Gasteiger partial charge on any atom is 0.416 e. The van der Waals surface area contributed by atoms with Crippen molar-refractivity contribution in [3.05, 3.63) is 71.3 Å². The van der Waals surface area contributed by atoms with Gasteiger partial charge in [0, 0.05) is 0 Å². The number of ether oxygens (including phenoxy) is 1. The Hall–Kier alpha value is -2.59. The van der Waals surface area contributed by atoms with Crippen LogP contribution in [-0.2, 0) is 21.9 Å². The number of halogens is 6. The smallest absolute Gasteiger partial charge is 0.371 e. The van der Waals surface area contributed by atoms with Crippen LogP contribution in [0.2, 0.25) is 0 Å². The molecule has 2 rings (SSSR count). The van der Waals surface area contributed by atoms with Crippen molar-refractivity contribution in [3.63, 3.8) is 0 Å². The van der Waals surface area contributed by atoms with Gasteiger partial charge in [-0.2, -0.15) is 26.3 Å². The summed E-state index contributed by atoms with van der Waals surface area (Å²) in [7, 11) is 0. The van der Waals surface area contributed by atoms with E-state index in [1.165, 1.54) is 6.92 Å². The number of carbonyl (C=O) groups is 1. The van der Waals surface area contributed by atoms with Crippen molar-refractivity contribution in [2.75, 3.05) is 6.61 Å². The zero-order chi connectivity index (χ0) is 25.0. The third-order valence-corrected chi connectivity index (χ3v) is 5.46. The van der Waals surface area contributed by atoms with Gasteiger partial charge in [-0.15, -0.1) is 0 Å². The molecule has 1 aromatic rings. The van der Waals surface area contributed by atoms with Crippen LogP contribution in [0.25, 0.3) is 0 Å². The van der Waals surface area contributed by atoms with E-state index >= 15 is 0 Å². The Balaban J connectivity index is 2.34. The van der Waals surface area contributed by atoms with Gasteiger partial charge in [-0.3, -0.25) is 4.79 Å². The largest absolute Gasteiger partial charge is 0.416 e. The molecular formula is C23H26F6N2O2. The Morgan fingerprint density at radius 2 is 1.79 bits per heavy atom. The van der Waals surface area contributed by atoms with Crippen LogP contribution in [0, 0.1) is 0 Å². The molecular weight excluding hydrogens is 450 g/mol. The van der Waals surface area contributed by atoms with Crippen LogP contribution in [0.4, 0.5) is 26.3 Å². The summed E-state index contributed by atoms with van der Waals surface area (Å²) in [6, 6.07) is 0.584. The van der Waals surface area contributed by atoms with E-state index in [0.29, 0.717) is 30.5 Å². The summed E-state index contributed by atoms with van der Waals surface area (Å²) < 4.78 is 84.8. The van der Waals surface area contributed by atoms with Crippen LogP contribution in [0.5, 0.6) is 0 Å². The summed E-state index contributed by atoms with van der Waals surface area (Å²) >= 11 is 0.